The Labute approximate surface area is 119 Å². The maximum Gasteiger partial charge on any atom is 0.306 e. The zero-order valence-corrected chi connectivity index (χ0v) is 12.9. The predicted octanol–water partition coefficient (Wildman–Crippen LogP) is 3.91. The van der Waals surface area contributed by atoms with E-state index in [0.29, 0.717) is 19.4 Å². The van der Waals surface area contributed by atoms with Gasteiger partial charge in [-0.15, -0.1) is 11.8 Å². The Bertz CT molecular complexity index is 393. The van der Waals surface area contributed by atoms with Gasteiger partial charge in [-0.05, 0) is 57.7 Å². The fourth-order valence-corrected chi connectivity index (χ4v) is 1.88. The summed E-state index contributed by atoms with van der Waals surface area (Å²) in [5, 5.41) is 0. The van der Waals surface area contributed by atoms with Gasteiger partial charge in [0.15, 0.2) is 0 Å². The lowest BCUT2D eigenvalue weighted by molar-refractivity contribution is -0.155. The summed E-state index contributed by atoms with van der Waals surface area (Å²) in [4.78, 5) is 12.7. The molecule has 1 aromatic carbocycles. The third-order valence-corrected chi connectivity index (χ3v) is 3.02. The highest BCUT2D eigenvalue weighted by Crippen LogP contribution is 2.19. The molecular weight excluding hydrogens is 260 g/mol. The van der Waals surface area contributed by atoms with Crippen molar-refractivity contribution in [2.45, 2.75) is 44.1 Å². The number of carbonyl (C=O) groups excluding carboxylic acids is 1. The van der Waals surface area contributed by atoms with Crippen LogP contribution in [0.3, 0.4) is 0 Å². The highest BCUT2D eigenvalue weighted by molar-refractivity contribution is 7.98. The normalized spacial score (nSPS) is 11.2. The van der Waals surface area contributed by atoms with Gasteiger partial charge in [0.25, 0.3) is 0 Å². The van der Waals surface area contributed by atoms with Crippen LogP contribution in [0, 0.1) is 0 Å². The molecule has 0 saturated carbocycles. The van der Waals surface area contributed by atoms with Crippen molar-refractivity contribution in [1.82, 2.24) is 0 Å². The number of rotatable bonds is 6. The molecule has 0 saturated heterocycles. The van der Waals surface area contributed by atoms with Crippen molar-refractivity contribution in [3.8, 4) is 5.75 Å². The Kier molecular flexibility index (Phi) is 6.22. The monoisotopic (exact) mass is 282 g/mol. The molecule has 0 aliphatic rings. The number of thioether (sulfide) groups is 1. The summed E-state index contributed by atoms with van der Waals surface area (Å²) >= 11 is 1.70. The Morgan fingerprint density at radius 3 is 2.37 bits per heavy atom. The van der Waals surface area contributed by atoms with E-state index in [2.05, 4.69) is 0 Å². The molecule has 0 atom stereocenters. The van der Waals surface area contributed by atoms with E-state index in [1.165, 1.54) is 4.90 Å². The van der Waals surface area contributed by atoms with E-state index in [4.69, 9.17) is 9.47 Å². The second-order valence-corrected chi connectivity index (χ2v) is 6.09. The van der Waals surface area contributed by atoms with E-state index in [-0.39, 0.29) is 5.97 Å². The molecule has 0 spiro atoms. The number of ether oxygens (including phenoxy) is 2. The maximum absolute atomic E-state index is 11.5. The van der Waals surface area contributed by atoms with E-state index in [9.17, 15) is 4.79 Å². The van der Waals surface area contributed by atoms with E-state index < -0.39 is 5.60 Å². The van der Waals surface area contributed by atoms with Gasteiger partial charge in [-0.2, -0.15) is 0 Å². The van der Waals surface area contributed by atoms with Gasteiger partial charge in [0.1, 0.15) is 11.4 Å². The Balaban J connectivity index is 2.21. The first-order valence-electron chi connectivity index (χ1n) is 6.39. The third-order valence-electron chi connectivity index (χ3n) is 2.27. The lowest BCUT2D eigenvalue weighted by atomic mass is 10.2. The fraction of sp³-hybridized carbons (Fsp3) is 0.533. The van der Waals surface area contributed by atoms with Gasteiger partial charge in [0, 0.05) is 11.3 Å². The van der Waals surface area contributed by atoms with E-state index >= 15 is 0 Å². The van der Waals surface area contributed by atoms with Gasteiger partial charge in [-0.3, -0.25) is 4.79 Å². The van der Waals surface area contributed by atoms with Gasteiger partial charge >= 0.3 is 5.97 Å². The molecule has 0 aliphatic heterocycles. The van der Waals surface area contributed by atoms with Crippen molar-refractivity contribution < 1.29 is 14.3 Å². The molecule has 0 N–H and O–H groups in total. The number of hydrogen-bond donors (Lipinski definition) is 0. The van der Waals surface area contributed by atoms with Crippen molar-refractivity contribution in [2.24, 2.45) is 0 Å². The van der Waals surface area contributed by atoms with Gasteiger partial charge in [0.2, 0.25) is 0 Å². The summed E-state index contributed by atoms with van der Waals surface area (Å²) < 4.78 is 10.8. The Morgan fingerprint density at radius 1 is 1.21 bits per heavy atom. The average molecular weight is 282 g/mol. The molecule has 19 heavy (non-hydrogen) atoms. The number of carbonyl (C=O) groups is 1. The van der Waals surface area contributed by atoms with Gasteiger partial charge < -0.3 is 9.47 Å². The van der Waals surface area contributed by atoms with Crippen LogP contribution in [-0.4, -0.2) is 24.4 Å². The smallest absolute Gasteiger partial charge is 0.306 e. The largest absolute Gasteiger partial charge is 0.494 e. The van der Waals surface area contributed by atoms with Crippen LogP contribution in [0.4, 0.5) is 0 Å². The van der Waals surface area contributed by atoms with E-state index in [0.717, 1.165) is 5.75 Å². The highest BCUT2D eigenvalue weighted by atomic mass is 32.2. The van der Waals surface area contributed by atoms with Crippen LogP contribution >= 0.6 is 11.8 Å². The van der Waals surface area contributed by atoms with Crippen LogP contribution in [-0.2, 0) is 9.53 Å². The molecule has 0 heterocycles. The minimum Gasteiger partial charge on any atom is -0.494 e. The number of benzene rings is 1. The highest BCUT2D eigenvalue weighted by Gasteiger charge is 2.15. The van der Waals surface area contributed by atoms with Crippen LogP contribution in [0.5, 0.6) is 5.75 Å². The first-order chi connectivity index (χ1) is 8.90. The summed E-state index contributed by atoms with van der Waals surface area (Å²) in [5.41, 5.74) is -0.411. The van der Waals surface area contributed by atoms with Crippen molar-refractivity contribution in [1.29, 1.82) is 0 Å². The molecule has 106 valence electrons. The standard InChI is InChI=1S/C15H22O3S/c1-15(2,3)18-14(16)6-5-11-17-12-7-9-13(19-4)10-8-12/h7-10H,5-6,11H2,1-4H3. The molecule has 1 aromatic rings. The fourth-order valence-electron chi connectivity index (χ4n) is 1.47. The van der Waals surface area contributed by atoms with Crippen LogP contribution in [0.2, 0.25) is 0 Å². The van der Waals surface area contributed by atoms with Gasteiger partial charge in [0.05, 0.1) is 6.61 Å². The SMILES string of the molecule is CSc1ccc(OCCCC(=O)OC(C)(C)C)cc1. The third kappa shape index (κ3) is 7.11. The first-order valence-corrected chi connectivity index (χ1v) is 7.62. The van der Waals surface area contributed by atoms with Crippen LogP contribution in [0.25, 0.3) is 0 Å². The van der Waals surface area contributed by atoms with Crippen LogP contribution < -0.4 is 4.74 Å². The molecule has 0 bridgehead atoms. The first kappa shape index (κ1) is 15.9. The van der Waals surface area contributed by atoms with Gasteiger partial charge in [-0.1, -0.05) is 0 Å². The quantitative estimate of drug-likeness (QED) is 0.450. The van der Waals surface area contributed by atoms with Gasteiger partial charge in [-0.25, -0.2) is 0 Å². The molecule has 0 unspecified atom stereocenters. The summed E-state index contributed by atoms with van der Waals surface area (Å²) in [6.45, 7) is 6.13. The molecule has 0 amide bonds. The van der Waals surface area contributed by atoms with Crippen LogP contribution in [0.15, 0.2) is 29.2 Å². The summed E-state index contributed by atoms with van der Waals surface area (Å²) in [6, 6.07) is 7.93. The molecule has 0 radical (unpaired) electrons. The summed E-state index contributed by atoms with van der Waals surface area (Å²) in [5.74, 6) is 0.663. The van der Waals surface area contributed by atoms with Crippen molar-refractivity contribution in [3.63, 3.8) is 0 Å². The second-order valence-electron chi connectivity index (χ2n) is 5.21. The minimum atomic E-state index is -0.411. The van der Waals surface area contributed by atoms with E-state index in [1.54, 1.807) is 11.8 Å². The predicted molar refractivity (Wildman–Crippen MR) is 78.8 cm³/mol. The molecule has 1 rings (SSSR count). The second kappa shape index (κ2) is 7.43. The molecule has 0 aliphatic carbocycles. The van der Waals surface area contributed by atoms with Crippen molar-refractivity contribution in [3.05, 3.63) is 24.3 Å². The van der Waals surface area contributed by atoms with E-state index in [1.807, 2.05) is 51.3 Å². The lowest BCUT2D eigenvalue weighted by Crippen LogP contribution is -2.23. The van der Waals surface area contributed by atoms with Crippen LogP contribution in [0.1, 0.15) is 33.6 Å². The zero-order valence-electron chi connectivity index (χ0n) is 12.1. The molecule has 0 aromatic heterocycles. The minimum absolute atomic E-state index is 0.172. The lowest BCUT2D eigenvalue weighted by Gasteiger charge is -2.19. The summed E-state index contributed by atoms with van der Waals surface area (Å²) in [6.07, 6.45) is 3.09. The molecular formula is C15H22O3S. The Morgan fingerprint density at radius 2 is 1.84 bits per heavy atom. The maximum atomic E-state index is 11.5. The number of esters is 1. The topological polar surface area (TPSA) is 35.5 Å². The Hall–Kier alpha value is -1.16. The van der Waals surface area contributed by atoms with Crippen molar-refractivity contribution in [2.75, 3.05) is 12.9 Å². The molecule has 0 fully saturated rings. The average Bonchev–Trinajstić information content (AvgIpc) is 2.33. The molecule has 3 nitrogen and oxygen atoms in total. The van der Waals surface area contributed by atoms with Crippen molar-refractivity contribution >= 4 is 17.7 Å². The zero-order chi connectivity index (χ0) is 14.3. The number of hydrogen-bond acceptors (Lipinski definition) is 4. The summed E-state index contributed by atoms with van der Waals surface area (Å²) in [7, 11) is 0. The molecule has 4 heteroatoms.